The van der Waals surface area contributed by atoms with Crippen LogP contribution in [0.4, 0.5) is 4.39 Å². The van der Waals surface area contributed by atoms with Crippen LogP contribution in [0.2, 0.25) is 0 Å². The van der Waals surface area contributed by atoms with E-state index >= 15 is 4.39 Å². The Hall–Kier alpha value is -3.28. The predicted octanol–water partition coefficient (Wildman–Crippen LogP) is 2.36. The Morgan fingerprint density at radius 1 is 0.925 bits per heavy atom. The smallest absolute Gasteiger partial charge is 0.262 e. The molecule has 0 aromatic heterocycles. The molecule has 0 N–H and O–H groups in total. The van der Waals surface area contributed by atoms with Crippen LogP contribution in [0.25, 0.3) is 0 Å². The fourth-order valence-electron chi connectivity index (χ4n) is 5.74. The second-order valence-electron chi connectivity index (χ2n) is 10.6. The van der Waals surface area contributed by atoms with Crippen molar-refractivity contribution in [1.29, 1.82) is 0 Å². The number of piperazine rings is 1. The highest BCUT2D eigenvalue weighted by molar-refractivity contribution is 7.89. The van der Waals surface area contributed by atoms with Gasteiger partial charge in [-0.15, -0.1) is 0 Å². The molecule has 0 bridgehead atoms. The van der Waals surface area contributed by atoms with Crippen molar-refractivity contribution >= 4 is 33.4 Å². The molecule has 40 heavy (non-hydrogen) atoms. The highest BCUT2D eigenvalue weighted by atomic mass is 32.2. The lowest BCUT2D eigenvalue weighted by Gasteiger charge is -2.33. The van der Waals surface area contributed by atoms with Gasteiger partial charge in [0.1, 0.15) is 11.6 Å². The van der Waals surface area contributed by atoms with E-state index in [0.717, 1.165) is 10.5 Å². The number of hydrogen-bond acceptors (Lipinski definition) is 7. The second kappa shape index (κ2) is 11.3. The number of ketones is 2. The third-order valence-electron chi connectivity index (χ3n) is 8.07. The Labute approximate surface area is 233 Å². The number of sulfonamides is 1. The average Bonchev–Trinajstić information content (AvgIpc) is 3.19. The Kier molecular flexibility index (Phi) is 7.98. The Balaban J connectivity index is 1.23. The quantitative estimate of drug-likeness (QED) is 0.354. The first-order chi connectivity index (χ1) is 19.1. The highest BCUT2D eigenvalue weighted by Crippen LogP contribution is 2.31. The molecule has 0 spiro atoms. The minimum absolute atomic E-state index is 0.0694. The maximum absolute atomic E-state index is 15.0. The molecule has 2 heterocycles. The molecule has 11 heteroatoms. The molecule has 9 nitrogen and oxygen atoms in total. The molecule has 2 fully saturated rings. The van der Waals surface area contributed by atoms with Gasteiger partial charge in [0, 0.05) is 44.7 Å². The van der Waals surface area contributed by atoms with Gasteiger partial charge in [0.15, 0.2) is 5.78 Å². The van der Waals surface area contributed by atoms with E-state index in [1.54, 1.807) is 31.2 Å². The Morgan fingerprint density at radius 2 is 1.68 bits per heavy atom. The van der Waals surface area contributed by atoms with Crippen LogP contribution >= 0.6 is 0 Å². The van der Waals surface area contributed by atoms with E-state index in [4.69, 9.17) is 0 Å². The number of benzene rings is 2. The summed E-state index contributed by atoms with van der Waals surface area (Å²) >= 11 is 0. The SMILES string of the molecule is CCS(=O)(=O)N1CCN(Cc2ccc(CCc3cccc4c3C(=O)N(C3CCC(=O)CC3=O)C4=O)cc2F)CC1. The zero-order valence-corrected chi connectivity index (χ0v) is 23.2. The fraction of sp³-hybridized carbons (Fsp3) is 0.448. The lowest BCUT2D eigenvalue weighted by molar-refractivity contribution is -0.132. The summed E-state index contributed by atoms with van der Waals surface area (Å²) in [4.78, 5) is 53.5. The number of nitrogens with zero attached hydrogens (tertiary/aromatic N) is 3. The third kappa shape index (κ3) is 5.50. The molecule has 1 saturated carbocycles. The number of hydrogen-bond donors (Lipinski definition) is 0. The van der Waals surface area contributed by atoms with Crippen molar-refractivity contribution in [2.75, 3.05) is 31.9 Å². The van der Waals surface area contributed by atoms with Gasteiger partial charge in [0.25, 0.3) is 11.8 Å². The number of aryl methyl sites for hydroxylation is 2. The molecule has 1 unspecified atom stereocenters. The number of carbonyl (C=O) groups is 4. The van der Waals surface area contributed by atoms with E-state index in [-0.39, 0.29) is 47.7 Å². The summed E-state index contributed by atoms with van der Waals surface area (Å²) in [5.41, 5.74) is 2.46. The van der Waals surface area contributed by atoms with Crippen LogP contribution in [0.3, 0.4) is 0 Å². The van der Waals surface area contributed by atoms with Gasteiger partial charge >= 0.3 is 0 Å². The number of rotatable bonds is 8. The van der Waals surface area contributed by atoms with E-state index in [1.807, 2.05) is 11.0 Å². The monoisotopic (exact) mass is 569 g/mol. The van der Waals surface area contributed by atoms with Gasteiger partial charge in [0.05, 0.1) is 29.3 Å². The molecule has 2 aliphatic heterocycles. The van der Waals surface area contributed by atoms with Gasteiger partial charge in [-0.05, 0) is 49.4 Å². The van der Waals surface area contributed by atoms with Crippen molar-refractivity contribution < 1.29 is 32.0 Å². The highest BCUT2D eigenvalue weighted by Gasteiger charge is 2.45. The number of amides is 2. The molecule has 2 aromatic rings. The van der Waals surface area contributed by atoms with Gasteiger partial charge in [-0.2, -0.15) is 4.31 Å². The van der Waals surface area contributed by atoms with Crippen LogP contribution in [-0.2, 0) is 39.0 Å². The largest absolute Gasteiger partial charge is 0.299 e. The third-order valence-corrected chi connectivity index (χ3v) is 9.95. The lowest BCUT2D eigenvalue weighted by Crippen LogP contribution is -2.48. The van der Waals surface area contributed by atoms with Crippen molar-refractivity contribution in [2.24, 2.45) is 0 Å². The van der Waals surface area contributed by atoms with Crippen LogP contribution in [-0.4, -0.2) is 83.9 Å². The topological polar surface area (TPSA) is 112 Å². The first-order valence-electron chi connectivity index (χ1n) is 13.6. The molecule has 0 radical (unpaired) electrons. The van der Waals surface area contributed by atoms with Crippen molar-refractivity contribution in [2.45, 2.75) is 51.6 Å². The van der Waals surface area contributed by atoms with Crippen LogP contribution in [0.5, 0.6) is 0 Å². The summed E-state index contributed by atoms with van der Waals surface area (Å²) in [6, 6.07) is 9.18. The Morgan fingerprint density at radius 3 is 2.35 bits per heavy atom. The van der Waals surface area contributed by atoms with E-state index in [9.17, 15) is 27.6 Å². The van der Waals surface area contributed by atoms with Gasteiger partial charge in [-0.25, -0.2) is 12.8 Å². The maximum atomic E-state index is 15.0. The molecule has 2 amide bonds. The maximum Gasteiger partial charge on any atom is 0.262 e. The molecular weight excluding hydrogens is 537 g/mol. The molecule has 1 saturated heterocycles. The predicted molar refractivity (Wildman–Crippen MR) is 145 cm³/mol. The van der Waals surface area contributed by atoms with Crippen LogP contribution in [0.1, 0.15) is 63.6 Å². The summed E-state index contributed by atoms with van der Waals surface area (Å²) in [6.07, 6.45) is 0.898. The fourth-order valence-corrected chi connectivity index (χ4v) is 6.82. The summed E-state index contributed by atoms with van der Waals surface area (Å²) in [6.45, 7) is 3.86. The van der Waals surface area contributed by atoms with Crippen molar-refractivity contribution in [3.8, 4) is 0 Å². The van der Waals surface area contributed by atoms with E-state index in [0.29, 0.717) is 56.7 Å². The second-order valence-corrected chi connectivity index (χ2v) is 12.8. The number of imide groups is 1. The molecule has 212 valence electrons. The molecule has 3 aliphatic rings. The minimum atomic E-state index is -3.22. The van der Waals surface area contributed by atoms with E-state index < -0.39 is 33.7 Å². The van der Waals surface area contributed by atoms with Crippen molar-refractivity contribution in [1.82, 2.24) is 14.1 Å². The number of Topliss-reactive ketones (excluding diaryl/α,β-unsaturated/α-hetero) is 2. The molecule has 1 atom stereocenters. The van der Waals surface area contributed by atoms with Crippen LogP contribution < -0.4 is 0 Å². The van der Waals surface area contributed by atoms with E-state index in [2.05, 4.69) is 0 Å². The van der Waals surface area contributed by atoms with Gasteiger partial charge in [0.2, 0.25) is 10.0 Å². The molecular formula is C29H32FN3O6S. The first kappa shape index (κ1) is 28.3. The van der Waals surface area contributed by atoms with E-state index in [1.165, 1.54) is 10.4 Å². The minimum Gasteiger partial charge on any atom is -0.299 e. The normalized spacial score (nSPS) is 20.9. The number of halogens is 1. The van der Waals surface area contributed by atoms with Crippen LogP contribution in [0, 0.1) is 5.82 Å². The molecule has 1 aliphatic carbocycles. The molecule has 2 aromatic carbocycles. The average molecular weight is 570 g/mol. The van der Waals surface area contributed by atoms with Crippen molar-refractivity contribution in [3.05, 3.63) is 70.0 Å². The summed E-state index contributed by atoms with van der Waals surface area (Å²) in [5.74, 6) is -1.89. The summed E-state index contributed by atoms with van der Waals surface area (Å²) in [7, 11) is -3.22. The standard InChI is InChI=1S/C29H32FN3O6S/c1-2-40(38,39)32-14-12-31(13-15-32)18-21-9-7-19(16-24(21)30)6-8-20-4-3-5-23-27(20)29(37)33(28(23)36)25-11-10-22(34)17-26(25)35/h3-5,7,9,16,25H,2,6,8,10-15,17-18H2,1H3. The van der Waals surface area contributed by atoms with Crippen LogP contribution in [0.15, 0.2) is 36.4 Å². The zero-order chi connectivity index (χ0) is 28.6. The summed E-state index contributed by atoms with van der Waals surface area (Å²) in [5, 5.41) is 0. The Bertz CT molecular complexity index is 1480. The number of fused-ring (bicyclic) bond motifs is 1. The zero-order valence-electron chi connectivity index (χ0n) is 22.4. The number of carbonyl (C=O) groups excluding carboxylic acids is 4. The van der Waals surface area contributed by atoms with Gasteiger partial charge in [-0.3, -0.25) is 29.0 Å². The van der Waals surface area contributed by atoms with Crippen molar-refractivity contribution in [3.63, 3.8) is 0 Å². The van der Waals surface area contributed by atoms with Gasteiger partial charge < -0.3 is 0 Å². The first-order valence-corrected chi connectivity index (χ1v) is 15.2. The van der Waals surface area contributed by atoms with Gasteiger partial charge in [-0.1, -0.05) is 24.3 Å². The lowest BCUT2D eigenvalue weighted by atomic mass is 9.92. The molecule has 5 rings (SSSR count). The summed E-state index contributed by atoms with van der Waals surface area (Å²) < 4.78 is 40.6.